The first-order valence-corrected chi connectivity index (χ1v) is 10.4. The van der Waals surface area contributed by atoms with Crippen molar-refractivity contribution >= 4 is 6.03 Å². The molecule has 6 heteroatoms. The van der Waals surface area contributed by atoms with Crippen LogP contribution in [0.3, 0.4) is 0 Å². The van der Waals surface area contributed by atoms with E-state index in [1.165, 1.54) is 18.9 Å². The van der Waals surface area contributed by atoms with Crippen molar-refractivity contribution in [3.05, 3.63) is 35.6 Å². The predicted octanol–water partition coefficient (Wildman–Crippen LogP) is 3.88. The Hall–Kier alpha value is -1.66. The summed E-state index contributed by atoms with van der Waals surface area (Å²) in [4.78, 5) is 13.9. The zero-order chi connectivity index (χ0) is 19.1. The van der Waals surface area contributed by atoms with Crippen molar-refractivity contribution in [2.75, 3.05) is 13.6 Å². The van der Waals surface area contributed by atoms with E-state index < -0.39 is 0 Å². The minimum absolute atomic E-state index is 0.0708. The standard InChI is InChI=1S/C21H33FN4O/c1-26(21(27)23-18-10-4-5-11-18)13-6-2-3-12-19-15-20(25-24-19)16-8-7-9-17(22)14-16/h7-9,14,18-20,24-25H,2-6,10-13,15H2,1H3,(H,23,27). The summed E-state index contributed by atoms with van der Waals surface area (Å²) in [5.41, 5.74) is 7.62. The molecule has 3 N–H and O–H groups in total. The van der Waals surface area contributed by atoms with Gasteiger partial charge >= 0.3 is 6.03 Å². The largest absolute Gasteiger partial charge is 0.335 e. The van der Waals surface area contributed by atoms with Crippen LogP contribution in [0.15, 0.2) is 24.3 Å². The molecule has 1 aliphatic carbocycles. The Morgan fingerprint density at radius 1 is 1.22 bits per heavy atom. The highest BCUT2D eigenvalue weighted by molar-refractivity contribution is 5.74. The molecule has 3 rings (SSSR count). The van der Waals surface area contributed by atoms with Crippen LogP contribution in [-0.2, 0) is 0 Å². The topological polar surface area (TPSA) is 56.4 Å². The summed E-state index contributed by atoms with van der Waals surface area (Å²) in [5.74, 6) is -0.182. The van der Waals surface area contributed by atoms with Gasteiger partial charge in [-0.05, 0) is 49.8 Å². The maximum atomic E-state index is 13.4. The van der Waals surface area contributed by atoms with E-state index in [2.05, 4.69) is 16.2 Å². The molecule has 2 unspecified atom stereocenters. The monoisotopic (exact) mass is 376 g/mol. The van der Waals surface area contributed by atoms with Crippen molar-refractivity contribution in [1.29, 1.82) is 0 Å². The number of nitrogens with zero attached hydrogens (tertiary/aromatic N) is 1. The second kappa shape index (κ2) is 10.0. The van der Waals surface area contributed by atoms with Crippen LogP contribution in [0.5, 0.6) is 0 Å². The van der Waals surface area contributed by atoms with Crippen LogP contribution in [0, 0.1) is 5.82 Å². The fourth-order valence-electron chi connectivity index (χ4n) is 4.13. The number of carbonyl (C=O) groups excluding carboxylic acids is 1. The molecule has 1 saturated carbocycles. The summed E-state index contributed by atoms with van der Waals surface area (Å²) in [6, 6.07) is 7.87. The van der Waals surface area contributed by atoms with Gasteiger partial charge in [0.05, 0.1) is 0 Å². The van der Waals surface area contributed by atoms with Gasteiger partial charge in [-0.2, -0.15) is 0 Å². The molecule has 2 atom stereocenters. The average Bonchev–Trinajstić information content (AvgIpc) is 3.33. The Labute approximate surface area is 162 Å². The van der Waals surface area contributed by atoms with Gasteiger partial charge < -0.3 is 10.2 Å². The van der Waals surface area contributed by atoms with Crippen LogP contribution < -0.4 is 16.2 Å². The van der Waals surface area contributed by atoms with Gasteiger partial charge in [0.2, 0.25) is 0 Å². The molecular weight excluding hydrogens is 343 g/mol. The lowest BCUT2D eigenvalue weighted by atomic mass is 9.99. The zero-order valence-corrected chi connectivity index (χ0v) is 16.3. The quantitative estimate of drug-likeness (QED) is 0.604. The number of hydrazine groups is 1. The van der Waals surface area contributed by atoms with Gasteiger partial charge in [0.25, 0.3) is 0 Å². The number of amides is 2. The summed E-state index contributed by atoms with van der Waals surface area (Å²) < 4.78 is 13.4. The lowest BCUT2D eigenvalue weighted by Crippen LogP contribution is -2.42. The van der Waals surface area contributed by atoms with Crippen LogP contribution in [0.4, 0.5) is 9.18 Å². The highest BCUT2D eigenvalue weighted by Gasteiger charge is 2.24. The van der Waals surface area contributed by atoms with Gasteiger partial charge in [-0.15, -0.1) is 0 Å². The van der Waals surface area contributed by atoms with Crippen LogP contribution >= 0.6 is 0 Å². The second-order valence-corrected chi connectivity index (χ2v) is 8.03. The zero-order valence-electron chi connectivity index (χ0n) is 16.3. The molecule has 1 aliphatic heterocycles. The first kappa shape index (κ1) is 20.1. The van der Waals surface area contributed by atoms with Crippen LogP contribution in [0.2, 0.25) is 0 Å². The van der Waals surface area contributed by atoms with E-state index in [1.807, 2.05) is 18.0 Å². The summed E-state index contributed by atoms with van der Waals surface area (Å²) >= 11 is 0. The third-order valence-corrected chi connectivity index (χ3v) is 5.81. The normalized spacial score (nSPS) is 22.9. The van der Waals surface area contributed by atoms with Crippen LogP contribution in [0.1, 0.15) is 69.4 Å². The van der Waals surface area contributed by atoms with Crippen molar-refractivity contribution < 1.29 is 9.18 Å². The van der Waals surface area contributed by atoms with Gasteiger partial charge in [-0.3, -0.25) is 10.9 Å². The molecule has 0 spiro atoms. The number of benzene rings is 1. The average molecular weight is 377 g/mol. The molecule has 0 aromatic heterocycles. The number of carbonyl (C=O) groups is 1. The first-order valence-electron chi connectivity index (χ1n) is 10.4. The molecule has 1 aromatic rings. The number of nitrogens with one attached hydrogen (secondary N) is 3. The van der Waals surface area contributed by atoms with Crippen molar-refractivity contribution in [3.8, 4) is 0 Å². The van der Waals surface area contributed by atoms with E-state index >= 15 is 0 Å². The fourth-order valence-corrected chi connectivity index (χ4v) is 4.13. The number of rotatable bonds is 8. The molecular formula is C21H33FN4O. The Morgan fingerprint density at radius 2 is 2.04 bits per heavy atom. The number of halogens is 1. The summed E-state index contributed by atoms with van der Waals surface area (Å²) in [6.07, 6.45) is 10.1. The molecule has 5 nitrogen and oxygen atoms in total. The number of hydrogen-bond acceptors (Lipinski definition) is 3. The maximum Gasteiger partial charge on any atom is 0.317 e. The van der Waals surface area contributed by atoms with Gasteiger partial charge in [0.1, 0.15) is 5.82 Å². The van der Waals surface area contributed by atoms with Gasteiger partial charge in [-0.1, -0.05) is 37.8 Å². The molecule has 1 saturated heterocycles. The third-order valence-electron chi connectivity index (χ3n) is 5.81. The van der Waals surface area contributed by atoms with Crippen LogP contribution in [-0.4, -0.2) is 36.6 Å². The Bertz CT molecular complexity index is 606. The van der Waals surface area contributed by atoms with E-state index in [1.54, 1.807) is 12.1 Å². The van der Waals surface area contributed by atoms with E-state index in [4.69, 9.17) is 0 Å². The molecule has 2 aliphatic rings. The predicted molar refractivity (Wildman–Crippen MR) is 106 cm³/mol. The molecule has 1 heterocycles. The fraction of sp³-hybridized carbons (Fsp3) is 0.667. The SMILES string of the molecule is CN(CCCCCC1CC(c2cccc(F)c2)NN1)C(=O)NC1CCCC1. The van der Waals surface area contributed by atoms with Gasteiger partial charge in [0, 0.05) is 31.7 Å². The smallest absolute Gasteiger partial charge is 0.317 e. The molecule has 2 amide bonds. The van der Waals surface area contributed by atoms with Crippen molar-refractivity contribution in [1.82, 2.24) is 21.1 Å². The van der Waals surface area contributed by atoms with E-state index in [-0.39, 0.29) is 17.9 Å². The second-order valence-electron chi connectivity index (χ2n) is 8.03. The molecule has 0 bridgehead atoms. The lowest BCUT2D eigenvalue weighted by Gasteiger charge is -2.21. The molecule has 2 fully saturated rings. The van der Waals surface area contributed by atoms with Gasteiger partial charge in [0.15, 0.2) is 0 Å². The highest BCUT2D eigenvalue weighted by atomic mass is 19.1. The summed E-state index contributed by atoms with van der Waals surface area (Å²) in [7, 11) is 1.89. The number of unbranched alkanes of at least 4 members (excludes halogenated alkanes) is 2. The molecule has 27 heavy (non-hydrogen) atoms. The summed E-state index contributed by atoms with van der Waals surface area (Å²) in [6.45, 7) is 0.806. The van der Waals surface area contributed by atoms with Crippen molar-refractivity contribution in [2.45, 2.75) is 75.9 Å². The molecule has 0 radical (unpaired) electrons. The lowest BCUT2D eigenvalue weighted by molar-refractivity contribution is 0.203. The van der Waals surface area contributed by atoms with Crippen LogP contribution in [0.25, 0.3) is 0 Å². The Morgan fingerprint density at radius 3 is 2.81 bits per heavy atom. The number of urea groups is 1. The maximum absolute atomic E-state index is 13.4. The van der Waals surface area contributed by atoms with Crippen molar-refractivity contribution in [3.63, 3.8) is 0 Å². The third kappa shape index (κ3) is 6.18. The highest BCUT2D eigenvalue weighted by Crippen LogP contribution is 2.25. The molecule has 150 valence electrons. The minimum Gasteiger partial charge on any atom is -0.335 e. The molecule has 1 aromatic carbocycles. The Balaban J connectivity index is 1.26. The van der Waals surface area contributed by atoms with E-state index in [0.717, 1.165) is 57.1 Å². The van der Waals surface area contributed by atoms with E-state index in [0.29, 0.717) is 12.1 Å². The van der Waals surface area contributed by atoms with Gasteiger partial charge in [-0.25, -0.2) is 9.18 Å². The van der Waals surface area contributed by atoms with E-state index in [9.17, 15) is 9.18 Å². The minimum atomic E-state index is -0.182. The van der Waals surface area contributed by atoms with Crippen molar-refractivity contribution in [2.24, 2.45) is 0 Å². The Kier molecular flexibility index (Phi) is 7.47. The summed E-state index contributed by atoms with van der Waals surface area (Å²) in [5, 5.41) is 3.13. The first-order chi connectivity index (χ1) is 13.1. The number of hydrogen-bond donors (Lipinski definition) is 3.